The zero-order valence-corrected chi connectivity index (χ0v) is 16.7. The molecule has 0 aliphatic carbocycles. The molecule has 5 nitrogen and oxygen atoms in total. The van der Waals surface area contributed by atoms with Crippen molar-refractivity contribution in [1.82, 2.24) is 15.5 Å². The number of morpholine rings is 1. The van der Waals surface area contributed by atoms with Crippen molar-refractivity contribution in [3.63, 3.8) is 0 Å². The topological polar surface area (TPSA) is 48.9 Å². The molecule has 1 aliphatic heterocycles. The zero-order chi connectivity index (χ0) is 20.5. The van der Waals surface area contributed by atoms with Crippen LogP contribution in [0, 0.1) is 11.6 Å². The van der Waals surface area contributed by atoms with E-state index in [-0.39, 0.29) is 17.7 Å². The molecule has 1 fully saturated rings. The standard InChI is InChI=1S/C22H28F2N4O/c1-25-22(26-10-9-17-5-7-19(23)8-6-17)27-16-21(28-11-13-29-14-12-28)18-3-2-4-20(24)15-18/h2-8,15,21H,9-14,16H2,1H3,(H2,25,26,27). The summed E-state index contributed by atoms with van der Waals surface area (Å²) in [4.78, 5) is 6.58. The summed E-state index contributed by atoms with van der Waals surface area (Å²) in [7, 11) is 1.72. The lowest BCUT2D eigenvalue weighted by Gasteiger charge is -2.35. The van der Waals surface area contributed by atoms with Crippen LogP contribution in [0.1, 0.15) is 17.2 Å². The maximum atomic E-state index is 13.8. The third kappa shape index (κ3) is 6.51. The van der Waals surface area contributed by atoms with E-state index in [0.29, 0.717) is 32.3 Å². The number of hydrogen-bond donors (Lipinski definition) is 2. The van der Waals surface area contributed by atoms with Gasteiger partial charge < -0.3 is 15.4 Å². The molecule has 0 spiro atoms. The first kappa shape index (κ1) is 21.2. The Balaban J connectivity index is 1.57. The van der Waals surface area contributed by atoms with Crippen LogP contribution in [-0.4, -0.2) is 57.3 Å². The number of rotatable bonds is 7. The van der Waals surface area contributed by atoms with E-state index in [2.05, 4.69) is 20.5 Å². The first-order chi connectivity index (χ1) is 14.2. The first-order valence-corrected chi connectivity index (χ1v) is 9.92. The van der Waals surface area contributed by atoms with Gasteiger partial charge in [-0.2, -0.15) is 0 Å². The van der Waals surface area contributed by atoms with Crippen molar-refractivity contribution in [2.45, 2.75) is 12.5 Å². The second-order valence-corrected chi connectivity index (χ2v) is 6.98. The van der Waals surface area contributed by atoms with Crippen molar-refractivity contribution in [2.75, 3.05) is 46.4 Å². The van der Waals surface area contributed by atoms with Crippen molar-refractivity contribution in [1.29, 1.82) is 0 Å². The van der Waals surface area contributed by atoms with Gasteiger partial charge in [-0.15, -0.1) is 0 Å². The highest BCUT2D eigenvalue weighted by atomic mass is 19.1. The molecule has 2 aromatic rings. The zero-order valence-electron chi connectivity index (χ0n) is 16.7. The molecule has 1 saturated heterocycles. The van der Waals surface area contributed by atoms with Crippen LogP contribution in [0.15, 0.2) is 53.5 Å². The van der Waals surface area contributed by atoms with Crippen molar-refractivity contribution in [3.05, 3.63) is 71.3 Å². The predicted octanol–water partition coefficient (Wildman–Crippen LogP) is 2.75. The quantitative estimate of drug-likeness (QED) is 0.552. The largest absolute Gasteiger partial charge is 0.379 e. The molecular weight excluding hydrogens is 374 g/mol. The fraction of sp³-hybridized carbons (Fsp3) is 0.409. The molecule has 0 amide bonds. The molecule has 0 saturated carbocycles. The molecular formula is C22H28F2N4O. The van der Waals surface area contributed by atoms with Gasteiger partial charge >= 0.3 is 0 Å². The van der Waals surface area contributed by atoms with Crippen molar-refractivity contribution in [2.24, 2.45) is 4.99 Å². The minimum Gasteiger partial charge on any atom is -0.379 e. The van der Waals surface area contributed by atoms with Crippen LogP contribution in [0.5, 0.6) is 0 Å². The molecule has 29 heavy (non-hydrogen) atoms. The number of nitrogens with zero attached hydrogens (tertiary/aromatic N) is 2. The molecule has 0 bridgehead atoms. The third-order valence-corrected chi connectivity index (χ3v) is 5.03. The summed E-state index contributed by atoms with van der Waals surface area (Å²) < 4.78 is 32.3. The summed E-state index contributed by atoms with van der Waals surface area (Å²) in [5.41, 5.74) is 1.99. The average Bonchev–Trinajstić information content (AvgIpc) is 2.75. The molecule has 1 aliphatic rings. The van der Waals surface area contributed by atoms with E-state index >= 15 is 0 Å². The van der Waals surface area contributed by atoms with E-state index in [9.17, 15) is 8.78 Å². The second kappa shape index (κ2) is 10.9. The van der Waals surface area contributed by atoms with E-state index in [1.165, 1.54) is 18.2 Å². The lowest BCUT2D eigenvalue weighted by molar-refractivity contribution is 0.0169. The van der Waals surface area contributed by atoms with Gasteiger partial charge in [0.25, 0.3) is 0 Å². The van der Waals surface area contributed by atoms with Gasteiger partial charge in [-0.05, 0) is 41.8 Å². The van der Waals surface area contributed by atoms with Crippen molar-refractivity contribution < 1.29 is 13.5 Å². The Morgan fingerprint density at radius 1 is 1.07 bits per heavy atom. The summed E-state index contributed by atoms with van der Waals surface area (Å²) in [6, 6.07) is 13.3. The number of benzene rings is 2. The Bertz CT molecular complexity index is 792. The summed E-state index contributed by atoms with van der Waals surface area (Å²) in [6.45, 7) is 4.24. The molecule has 1 unspecified atom stereocenters. The number of halogens is 2. The molecule has 2 aromatic carbocycles. The molecule has 1 heterocycles. The average molecular weight is 402 g/mol. The fourth-order valence-corrected chi connectivity index (χ4v) is 3.45. The van der Waals surface area contributed by atoms with Gasteiger partial charge in [-0.3, -0.25) is 9.89 Å². The summed E-state index contributed by atoms with van der Waals surface area (Å²) in [5, 5.41) is 6.64. The van der Waals surface area contributed by atoms with E-state index in [1.807, 2.05) is 6.07 Å². The molecule has 0 aromatic heterocycles. The van der Waals surface area contributed by atoms with Crippen LogP contribution in [0.2, 0.25) is 0 Å². The van der Waals surface area contributed by atoms with Crippen LogP contribution >= 0.6 is 0 Å². The van der Waals surface area contributed by atoms with Gasteiger partial charge in [0.15, 0.2) is 5.96 Å². The second-order valence-electron chi connectivity index (χ2n) is 6.98. The van der Waals surface area contributed by atoms with Gasteiger partial charge in [0.1, 0.15) is 11.6 Å². The van der Waals surface area contributed by atoms with Crippen molar-refractivity contribution in [3.8, 4) is 0 Å². The Labute approximate surface area is 170 Å². The molecule has 156 valence electrons. The van der Waals surface area contributed by atoms with Gasteiger partial charge in [0.2, 0.25) is 0 Å². The normalized spacial score (nSPS) is 16.4. The van der Waals surface area contributed by atoms with E-state index in [4.69, 9.17) is 4.74 Å². The number of guanidine groups is 1. The smallest absolute Gasteiger partial charge is 0.191 e. The first-order valence-electron chi connectivity index (χ1n) is 9.92. The molecule has 1 atom stereocenters. The summed E-state index contributed by atoms with van der Waals surface area (Å²) in [6.07, 6.45) is 0.762. The summed E-state index contributed by atoms with van der Waals surface area (Å²) >= 11 is 0. The molecule has 0 radical (unpaired) electrons. The molecule has 3 rings (SSSR count). The van der Waals surface area contributed by atoms with E-state index < -0.39 is 0 Å². The van der Waals surface area contributed by atoms with Crippen LogP contribution in [-0.2, 0) is 11.2 Å². The van der Waals surface area contributed by atoms with Crippen LogP contribution in [0.25, 0.3) is 0 Å². The maximum Gasteiger partial charge on any atom is 0.191 e. The minimum absolute atomic E-state index is 0.0187. The number of ether oxygens (including phenoxy) is 1. The van der Waals surface area contributed by atoms with Gasteiger partial charge in [-0.25, -0.2) is 8.78 Å². The predicted molar refractivity (Wildman–Crippen MR) is 111 cm³/mol. The van der Waals surface area contributed by atoms with Crippen LogP contribution in [0.3, 0.4) is 0 Å². The highest BCUT2D eigenvalue weighted by molar-refractivity contribution is 5.79. The van der Waals surface area contributed by atoms with E-state index in [0.717, 1.165) is 30.6 Å². The third-order valence-electron chi connectivity index (χ3n) is 5.03. The van der Waals surface area contributed by atoms with Crippen LogP contribution < -0.4 is 10.6 Å². The lowest BCUT2D eigenvalue weighted by atomic mass is 10.0. The Morgan fingerprint density at radius 2 is 1.83 bits per heavy atom. The Kier molecular flexibility index (Phi) is 7.95. The Morgan fingerprint density at radius 3 is 2.52 bits per heavy atom. The Hall–Kier alpha value is -2.51. The molecule has 7 heteroatoms. The monoisotopic (exact) mass is 402 g/mol. The highest BCUT2D eigenvalue weighted by Gasteiger charge is 2.23. The number of hydrogen-bond acceptors (Lipinski definition) is 3. The van der Waals surface area contributed by atoms with Gasteiger partial charge in [-0.1, -0.05) is 24.3 Å². The number of aliphatic imine (C=N–C) groups is 1. The van der Waals surface area contributed by atoms with Gasteiger partial charge in [0, 0.05) is 33.2 Å². The number of nitrogens with one attached hydrogen (secondary N) is 2. The minimum atomic E-state index is -0.234. The van der Waals surface area contributed by atoms with Crippen molar-refractivity contribution >= 4 is 5.96 Å². The summed E-state index contributed by atoms with van der Waals surface area (Å²) in [5.74, 6) is 0.218. The van der Waals surface area contributed by atoms with Gasteiger partial charge in [0.05, 0.1) is 19.3 Å². The van der Waals surface area contributed by atoms with E-state index in [1.54, 1.807) is 31.3 Å². The fourth-order valence-electron chi connectivity index (χ4n) is 3.45. The lowest BCUT2D eigenvalue weighted by Crippen LogP contribution is -2.46. The SMILES string of the molecule is CN=C(NCCc1ccc(F)cc1)NCC(c1cccc(F)c1)N1CCOCC1. The highest BCUT2D eigenvalue weighted by Crippen LogP contribution is 2.22. The molecule has 2 N–H and O–H groups in total. The maximum absolute atomic E-state index is 13.8. The van der Waals surface area contributed by atoms with Crippen LogP contribution in [0.4, 0.5) is 8.78 Å².